The number of amides is 2. The first-order chi connectivity index (χ1) is 12.6. The van der Waals surface area contributed by atoms with Crippen molar-refractivity contribution in [1.82, 2.24) is 15.3 Å². The zero-order valence-electron chi connectivity index (χ0n) is 14.4. The predicted octanol–water partition coefficient (Wildman–Crippen LogP) is 3.65. The topological polar surface area (TPSA) is 85.4 Å². The number of hydrogen-bond donors (Lipinski definition) is 2. The van der Waals surface area contributed by atoms with Crippen molar-refractivity contribution < 1.29 is 14.3 Å². The summed E-state index contributed by atoms with van der Waals surface area (Å²) >= 11 is 5.76. The van der Waals surface area contributed by atoms with Crippen LogP contribution in [-0.2, 0) is 0 Å². The van der Waals surface area contributed by atoms with Gasteiger partial charge in [0.15, 0.2) is 0 Å². The van der Waals surface area contributed by atoms with Gasteiger partial charge in [-0.3, -0.25) is 0 Å². The number of methoxy groups -OCH3 is 1. The van der Waals surface area contributed by atoms with Crippen molar-refractivity contribution in [3.63, 3.8) is 0 Å². The zero-order chi connectivity index (χ0) is 18.4. The van der Waals surface area contributed by atoms with Crippen LogP contribution in [0.3, 0.4) is 0 Å². The fraction of sp³-hybridized carbons (Fsp3) is 0.389. The largest absolute Gasteiger partial charge is 0.495 e. The van der Waals surface area contributed by atoms with E-state index in [0.717, 1.165) is 25.7 Å². The third kappa shape index (κ3) is 4.98. The number of benzene rings is 1. The highest BCUT2D eigenvalue weighted by molar-refractivity contribution is 6.30. The van der Waals surface area contributed by atoms with Gasteiger partial charge in [-0.15, -0.1) is 0 Å². The van der Waals surface area contributed by atoms with Crippen molar-refractivity contribution in [2.75, 3.05) is 12.4 Å². The maximum Gasteiger partial charge on any atom is 0.319 e. The highest BCUT2D eigenvalue weighted by atomic mass is 35.5. The molecule has 138 valence electrons. The number of urea groups is 1. The van der Waals surface area contributed by atoms with E-state index in [-0.39, 0.29) is 18.2 Å². The van der Waals surface area contributed by atoms with Crippen LogP contribution in [0.25, 0.3) is 0 Å². The van der Waals surface area contributed by atoms with E-state index in [2.05, 4.69) is 20.6 Å². The van der Waals surface area contributed by atoms with Crippen molar-refractivity contribution >= 4 is 23.3 Å². The van der Waals surface area contributed by atoms with E-state index in [0.29, 0.717) is 22.5 Å². The van der Waals surface area contributed by atoms with Gasteiger partial charge in [0.05, 0.1) is 30.2 Å². The van der Waals surface area contributed by atoms with E-state index in [4.69, 9.17) is 21.1 Å². The second-order valence-electron chi connectivity index (χ2n) is 6.07. The van der Waals surface area contributed by atoms with Gasteiger partial charge in [-0.2, -0.15) is 0 Å². The minimum atomic E-state index is -0.236. The number of aromatic nitrogens is 2. The van der Waals surface area contributed by atoms with Crippen LogP contribution in [0.1, 0.15) is 25.7 Å². The number of anilines is 1. The molecular formula is C18H21ClN4O3. The number of carbonyl (C=O) groups is 1. The average molecular weight is 377 g/mol. The Kier molecular flexibility index (Phi) is 6.12. The molecule has 3 rings (SSSR count). The van der Waals surface area contributed by atoms with Gasteiger partial charge < -0.3 is 20.1 Å². The molecule has 0 saturated heterocycles. The molecule has 1 fully saturated rings. The number of nitrogens with one attached hydrogen (secondary N) is 2. The second-order valence-corrected chi connectivity index (χ2v) is 6.51. The predicted molar refractivity (Wildman–Crippen MR) is 98.9 cm³/mol. The Morgan fingerprint density at radius 1 is 1.15 bits per heavy atom. The molecule has 1 aliphatic carbocycles. The van der Waals surface area contributed by atoms with Gasteiger partial charge in [0.1, 0.15) is 11.9 Å². The van der Waals surface area contributed by atoms with Gasteiger partial charge in [-0.25, -0.2) is 14.8 Å². The summed E-state index contributed by atoms with van der Waals surface area (Å²) in [5.74, 6) is 0.628. The van der Waals surface area contributed by atoms with Crippen LogP contribution in [0.4, 0.5) is 10.5 Å². The quantitative estimate of drug-likeness (QED) is 0.831. The number of halogens is 1. The molecular weight excluding hydrogens is 356 g/mol. The normalized spacial score (nSPS) is 19.5. The lowest BCUT2D eigenvalue weighted by atomic mass is 9.93. The number of carbonyl (C=O) groups excluding carboxylic acids is 1. The molecule has 0 bridgehead atoms. The maximum atomic E-state index is 12.2. The summed E-state index contributed by atoms with van der Waals surface area (Å²) in [5.41, 5.74) is 0.643. The summed E-state index contributed by atoms with van der Waals surface area (Å²) in [7, 11) is 1.57. The molecule has 8 heteroatoms. The maximum absolute atomic E-state index is 12.2. The minimum absolute atomic E-state index is 0.0477. The zero-order valence-corrected chi connectivity index (χ0v) is 15.2. The van der Waals surface area contributed by atoms with E-state index < -0.39 is 0 Å². The second kappa shape index (κ2) is 8.71. The van der Waals surface area contributed by atoms with Gasteiger partial charge in [0.2, 0.25) is 0 Å². The molecule has 0 unspecified atom stereocenters. The Balaban J connectivity index is 1.44. The number of nitrogens with zero attached hydrogens (tertiary/aromatic N) is 2. The molecule has 1 aliphatic rings. The van der Waals surface area contributed by atoms with Gasteiger partial charge in [-0.05, 0) is 37.8 Å². The van der Waals surface area contributed by atoms with Gasteiger partial charge >= 0.3 is 12.0 Å². The SMILES string of the molecule is COc1ccccc1NC(=O)NC1CCC(Oc2ncc(Cl)cn2)CC1. The Bertz CT molecular complexity index is 733. The third-order valence-corrected chi connectivity index (χ3v) is 4.43. The van der Waals surface area contributed by atoms with Gasteiger partial charge in [0.25, 0.3) is 0 Å². The van der Waals surface area contributed by atoms with Crippen LogP contribution in [-0.4, -0.2) is 35.3 Å². The molecule has 26 heavy (non-hydrogen) atoms. The number of ether oxygens (including phenoxy) is 2. The van der Waals surface area contributed by atoms with Crippen LogP contribution in [0.5, 0.6) is 11.8 Å². The fourth-order valence-corrected chi connectivity index (χ4v) is 3.02. The molecule has 1 aromatic carbocycles. The number of rotatable bonds is 5. The van der Waals surface area contributed by atoms with E-state index in [1.54, 1.807) is 19.2 Å². The van der Waals surface area contributed by atoms with E-state index in [1.807, 2.05) is 12.1 Å². The Morgan fingerprint density at radius 2 is 1.85 bits per heavy atom. The van der Waals surface area contributed by atoms with E-state index >= 15 is 0 Å². The lowest BCUT2D eigenvalue weighted by molar-refractivity contribution is 0.129. The van der Waals surface area contributed by atoms with Crippen LogP contribution in [0, 0.1) is 0 Å². The van der Waals surface area contributed by atoms with Crippen molar-refractivity contribution in [2.24, 2.45) is 0 Å². The molecule has 2 N–H and O–H groups in total. The first kappa shape index (κ1) is 18.3. The van der Waals surface area contributed by atoms with Crippen molar-refractivity contribution in [2.45, 2.75) is 37.8 Å². The first-order valence-electron chi connectivity index (χ1n) is 8.49. The van der Waals surface area contributed by atoms with Crippen LogP contribution >= 0.6 is 11.6 Å². The number of para-hydroxylation sites is 2. The molecule has 1 aromatic heterocycles. The van der Waals surface area contributed by atoms with Crippen LogP contribution in [0.15, 0.2) is 36.7 Å². The molecule has 2 aromatic rings. The lowest BCUT2D eigenvalue weighted by Crippen LogP contribution is -2.41. The van der Waals surface area contributed by atoms with Crippen molar-refractivity contribution in [3.05, 3.63) is 41.7 Å². The highest BCUT2D eigenvalue weighted by Crippen LogP contribution is 2.24. The summed E-state index contributed by atoms with van der Waals surface area (Å²) in [6.07, 6.45) is 6.39. The fourth-order valence-electron chi connectivity index (χ4n) is 2.93. The van der Waals surface area contributed by atoms with E-state index in [1.165, 1.54) is 12.4 Å². The summed E-state index contributed by atoms with van der Waals surface area (Å²) in [6, 6.07) is 7.51. The summed E-state index contributed by atoms with van der Waals surface area (Å²) in [5, 5.41) is 6.31. The molecule has 0 radical (unpaired) electrons. The summed E-state index contributed by atoms with van der Waals surface area (Å²) in [4.78, 5) is 20.3. The Labute approximate surface area is 157 Å². The average Bonchev–Trinajstić information content (AvgIpc) is 2.65. The molecule has 0 spiro atoms. The number of hydrogen-bond acceptors (Lipinski definition) is 5. The molecule has 1 heterocycles. The van der Waals surface area contributed by atoms with Gasteiger partial charge in [-0.1, -0.05) is 23.7 Å². The molecule has 7 nitrogen and oxygen atoms in total. The standard InChI is InChI=1S/C18H21ClN4O3/c1-25-16-5-3-2-4-15(16)23-17(24)22-13-6-8-14(9-7-13)26-18-20-10-12(19)11-21-18/h2-5,10-11,13-14H,6-9H2,1H3,(H2,22,23,24). The first-order valence-corrected chi connectivity index (χ1v) is 8.86. The molecule has 0 aliphatic heterocycles. The molecule has 0 atom stereocenters. The Hall–Kier alpha value is -2.54. The third-order valence-electron chi connectivity index (χ3n) is 4.23. The Morgan fingerprint density at radius 3 is 2.54 bits per heavy atom. The molecule has 1 saturated carbocycles. The highest BCUT2D eigenvalue weighted by Gasteiger charge is 2.24. The van der Waals surface area contributed by atoms with Crippen LogP contribution < -0.4 is 20.1 Å². The monoisotopic (exact) mass is 376 g/mol. The molecule has 2 amide bonds. The summed E-state index contributed by atoms with van der Waals surface area (Å²) in [6.45, 7) is 0. The smallest absolute Gasteiger partial charge is 0.319 e. The summed E-state index contributed by atoms with van der Waals surface area (Å²) < 4.78 is 11.0. The van der Waals surface area contributed by atoms with Crippen LogP contribution in [0.2, 0.25) is 5.02 Å². The van der Waals surface area contributed by atoms with Gasteiger partial charge in [0, 0.05) is 6.04 Å². The lowest BCUT2D eigenvalue weighted by Gasteiger charge is -2.28. The van der Waals surface area contributed by atoms with Crippen molar-refractivity contribution in [1.29, 1.82) is 0 Å². The van der Waals surface area contributed by atoms with Crippen molar-refractivity contribution in [3.8, 4) is 11.8 Å². The van der Waals surface area contributed by atoms with E-state index in [9.17, 15) is 4.79 Å². The minimum Gasteiger partial charge on any atom is -0.495 e.